The number of nitrogens with zero attached hydrogens (tertiary/aromatic N) is 1. The zero-order valence-corrected chi connectivity index (χ0v) is 16.1. The third-order valence-electron chi connectivity index (χ3n) is 4.68. The molecule has 1 aromatic carbocycles. The van der Waals surface area contributed by atoms with Gasteiger partial charge in [0.2, 0.25) is 10.0 Å². The van der Waals surface area contributed by atoms with Crippen LogP contribution in [0.2, 0.25) is 0 Å². The average Bonchev–Trinajstić information content (AvgIpc) is 3.16. The summed E-state index contributed by atoms with van der Waals surface area (Å²) < 4.78 is 35.6. The van der Waals surface area contributed by atoms with Crippen LogP contribution < -0.4 is 9.62 Å². The molecule has 0 saturated carbocycles. The van der Waals surface area contributed by atoms with Gasteiger partial charge in [-0.1, -0.05) is 0 Å². The first-order chi connectivity index (χ1) is 12.8. The molecule has 148 valence electrons. The number of fused-ring (bicyclic) bond motifs is 1. The maximum absolute atomic E-state index is 12.2. The summed E-state index contributed by atoms with van der Waals surface area (Å²) in [5.74, 6) is -0.985. The first-order valence-electron chi connectivity index (χ1n) is 9.00. The molecule has 1 aromatic rings. The summed E-state index contributed by atoms with van der Waals surface area (Å²) >= 11 is 0. The number of hydrogen-bond donors (Lipinski definition) is 1. The van der Waals surface area contributed by atoms with Gasteiger partial charge < -0.3 is 14.8 Å². The Morgan fingerprint density at radius 3 is 2.85 bits per heavy atom. The summed E-state index contributed by atoms with van der Waals surface area (Å²) in [5, 5.41) is 2.69. The van der Waals surface area contributed by atoms with Crippen molar-refractivity contribution < 1.29 is 27.5 Å². The molecule has 0 unspecified atom stereocenters. The highest BCUT2D eigenvalue weighted by atomic mass is 32.2. The second kappa shape index (κ2) is 8.26. The fourth-order valence-corrected chi connectivity index (χ4v) is 4.33. The lowest BCUT2D eigenvalue weighted by molar-refractivity contribution is -0.124. The van der Waals surface area contributed by atoms with Crippen molar-refractivity contribution in [1.29, 1.82) is 0 Å². The molecule has 27 heavy (non-hydrogen) atoms. The van der Waals surface area contributed by atoms with E-state index in [1.165, 1.54) is 16.6 Å². The highest BCUT2D eigenvalue weighted by Crippen LogP contribution is 2.30. The van der Waals surface area contributed by atoms with Crippen LogP contribution in [0.15, 0.2) is 18.2 Å². The highest BCUT2D eigenvalue weighted by Gasteiger charge is 2.25. The average molecular weight is 396 g/mol. The molecule has 2 aliphatic rings. The Labute approximate surface area is 158 Å². The van der Waals surface area contributed by atoms with Gasteiger partial charge in [0.05, 0.1) is 23.6 Å². The third-order valence-corrected chi connectivity index (χ3v) is 5.86. The lowest BCUT2D eigenvalue weighted by Gasteiger charge is -2.29. The fraction of sp³-hybridized carbons (Fsp3) is 0.556. The molecule has 0 bridgehead atoms. The SMILES string of the molecule is CS(=O)(=O)N1CCCc2cc(C(=O)OCC(=O)NC[C@@H]3CCCO3)ccc21. The first kappa shape index (κ1) is 19.6. The van der Waals surface area contributed by atoms with E-state index in [4.69, 9.17) is 9.47 Å². The van der Waals surface area contributed by atoms with E-state index in [1.807, 2.05) is 0 Å². The first-order valence-corrected chi connectivity index (χ1v) is 10.9. The number of benzene rings is 1. The minimum Gasteiger partial charge on any atom is -0.452 e. The van der Waals surface area contributed by atoms with Gasteiger partial charge in [0.25, 0.3) is 5.91 Å². The van der Waals surface area contributed by atoms with Gasteiger partial charge >= 0.3 is 5.97 Å². The van der Waals surface area contributed by atoms with Crippen molar-refractivity contribution in [1.82, 2.24) is 5.32 Å². The van der Waals surface area contributed by atoms with Gasteiger partial charge in [0.1, 0.15) is 0 Å². The van der Waals surface area contributed by atoms with E-state index >= 15 is 0 Å². The Bertz CT molecular complexity index is 817. The van der Waals surface area contributed by atoms with Crippen LogP contribution in [0.4, 0.5) is 5.69 Å². The van der Waals surface area contributed by atoms with Gasteiger partial charge in [-0.2, -0.15) is 0 Å². The molecule has 8 nitrogen and oxygen atoms in total. The van der Waals surface area contributed by atoms with Crippen LogP contribution >= 0.6 is 0 Å². The second-order valence-electron chi connectivity index (χ2n) is 6.80. The van der Waals surface area contributed by atoms with Gasteiger partial charge in [-0.3, -0.25) is 9.10 Å². The quantitative estimate of drug-likeness (QED) is 0.716. The lowest BCUT2D eigenvalue weighted by atomic mass is 10.0. The fourth-order valence-electron chi connectivity index (χ4n) is 3.33. The number of carbonyl (C=O) groups excluding carboxylic acids is 2. The van der Waals surface area contributed by atoms with Gasteiger partial charge in [-0.05, 0) is 49.4 Å². The molecule has 0 radical (unpaired) electrons. The summed E-state index contributed by atoms with van der Waals surface area (Å²) in [6.07, 6.45) is 4.47. The topological polar surface area (TPSA) is 102 Å². The maximum Gasteiger partial charge on any atom is 0.338 e. The minimum absolute atomic E-state index is 0.0306. The highest BCUT2D eigenvalue weighted by molar-refractivity contribution is 7.92. The van der Waals surface area contributed by atoms with Gasteiger partial charge in [0, 0.05) is 19.7 Å². The van der Waals surface area contributed by atoms with Gasteiger partial charge in [-0.25, -0.2) is 13.2 Å². The van der Waals surface area contributed by atoms with Crippen molar-refractivity contribution >= 4 is 27.6 Å². The molecular formula is C18H24N2O6S. The number of ether oxygens (including phenoxy) is 2. The number of anilines is 1. The van der Waals surface area contributed by atoms with E-state index in [0.717, 1.165) is 18.4 Å². The number of nitrogens with one attached hydrogen (secondary N) is 1. The summed E-state index contributed by atoms with van der Waals surface area (Å²) in [6, 6.07) is 4.78. The Morgan fingerprint density at radius 2 is 2.15 bits per heavy atom. The largest absolute Gasteiger partial charge is 0.452 e. The predicted molar refractivity (Wildman–Crippen MR) is 99.2 cm³/mol. The molecule has 1 fully saturated rings. The van der Waals surface area contributed by atoms with Crippen LogP contribution in [0.5, 0.6) is 0 Å². The molecule has 3 rings (SSSR count). The Kier molecular flexibility index (Phi) is 6.01. The van der Waals surface area contributed by atoms with Crippen molar-refractivity contribution in [3.63, 3.8) is 0 Å². The number of aryl methyl sites for hydroxylation is 1. The number of esters is 1. The van der Waals surface area contributed by atoms with E-state index in [-0.39, 0.29) is 18.6 Å². The van der Waals surface area contributed by atoms with Crippen molar-refractivity contribution in [2.24, 2.45) is 0 Å². The molecule has 1 N–H and O–H groups in total. The summed E-state index contributed by atoms with van der Waals surface area (Å²) in [6.45, 7) is 1.19. The number of hydrogen-bond acceptors (Lipinski definition) is 6. The third kappa shape index (κ3) is 4.98. The van der Waals surface area contributed by atoms with Crippen LogP contribution in [0.3, 0.4) is 0 Å². The van der Waals surface area contributed by atoms with E-state index < -0.39 is 16.0 Å². The van der Waals surface area contributed by atoms with Crippen LogP contribution in [-0.2, 0) is 30.7 Å². The Morgan fingerprint density at radius 1 is 1.33 bits per heavy atom. The number of carbonyl (C=O) groups is 2. The van der Waals surface area contributed by atoms with Crippen LogP contribution in [0.1, 0.15) is 35.2 Å². The summed E-state index contributed by atoms with van der Waals surface area (Å²) in [5.41, 5.74) is 1.68. The smallest absolute Gasteiger partial charge is 0.338 e. The van der Waals surface area contributed by atoms with E-state index in [9.17, 15) is 18.0 Å². The monoisotopic (exact) mass is 396 g/mol. The number of rotatable bonds is 6. The maximum atomic E-state index is 12.2. The zero-order chi connectivity index (χ0) is 19.4. The van der Waals surface area contributed by atoms with Crippen molar-refractivity contribution in [3.05, 3.63) is 29.3 Å². The zero-order valence-electron chi connectivity index (χ0n) is 15.3. The van der Waals surface area contributed by atoms with E-state index in [1.54, 1.807) is 12.1 Å². The van der Waals surface area contributed by atoms with Gasteiger partial charge in [-0.15, -0.1) is 0 Å². The van der Waals surface area contributed by atoms with Crippen molar-refractivity contribution in [2.75, 3.05) is 36.9 Å². The van der Waals surface area contributed by atoms with Crippen molar-refractivity contribution in [3.8, 4) is 0 Å². The normalized spacial score (nSPS) is 19.4. The molecule has 0 aromatic heterocycles. The molecule has 1 amide bonds. The van der Waals surface area contributed by atoms with Crippen LogP contribution in [0.25, 0.3) is 0 Å². The second-order valence-corrected chi connectivity index (χ2v) is 8.70. The summed E-state index contributed by atoms with van der Waals surface area (Å²) in [4.78, 5) is 24.0. The molecular weight excluding hydrogens is 372 g/mol. The molecule has 2 aliphatic heterocycles. The molecule has 2 heterocycles. The van der Waals surface area contributed by atoms with E-state index in [0.29, 0.717) is 43.8 Å². The van der Waals surface area contributed by atoms with Crippen molar-refractivity contribution in [2.45, 2.75) is 31.8 Å². The lowest BCUT2D eigenvalue weighted by Crippen LogP contribution is -2.35. The Hall–Kier alpha value is -2.13. The molecule has 1 atom stereocenters. The number of sulfonamides is 1. The molecule has 0 aliphatic carbocycles. The van der Waals surface area contributed by atoms with Crippen LogP contribution in [0, 0.1) is 0 Å². The van der Waals surface area contributed by atoms with Gasteiger partial charge in [0.15, 0.2) is 6.61 Å². The summed E-state index contributed by atoms with van der Waals surface area (Å²) in [7, 11) is -3.35. The molecule has 1 saturated heterocycles. The Balaban J connectivity index is 1.56. The van der Waals surface area contributed by atoms with Crippen LogP contribution in [-0.4, -0.2) is 59.0 Å². The standard InChI is InChI=1S/C18H24N2O6S/c1-27(23,24)20-8-2-4-13-10-14(6-7-16(13)20)18(22)26-12-17(21)19-11-15-5-3-9-25-15/h6-7,10,15H,2-5,8-9,11-12H2,1H3,(H,19,21)/t15-/m0/s1. The minimum atomic E-state index is -3.35. The molecule has 9 heteroatoms. The number of amides is 1. The molecule has 0 spiro atoms. The predicted octanol–water partition coefficient (Wildman–Crippen LogP) is 0.851. The van der Waals surface area contributed by atoms with E-state index in [2.05, 4.69) is 5.32 Å².